The van der Waals surface area contributed by atoms with Crippen LogP contribution in [0.2, 0.25) is 0 Å². The van der Waals surface area contributed by atoms with E-state index in [1.54, 1.807) is 0 Å². The van der Waals surface area contributed by atoms with Gasteiger partial charge in [0.1, 0.15) is 0 Å². The molecule has 1 atom stereocenters. The summed E-state index contributed by atoms with van der Waals surface area (Å²) in [7, 11) is 0. The molecule has 1 aromatic rings. The summed E-state index contributed by atoms with van der Waals surface area (Å²) >= 11 is 1.81. The van der Waals surface area contributed by atoms with E-state index in [0.29, 0.717) is 6.04 Å². The first kappa shape index (κ1) is 10.3. The first-order chi connectivity index (χ1) is 6.33. The van der Waals surface area contributed by atoms with Gasteiger partial charge < -0.3 is 5.32 Å². The van der Waals surface area contributed by atoms with Crippen molar-refractivity contribution in [1.29, 1.82) is 0 Å². The molecule has 0 bridgehead atoms. The van der Waals surface area contributed by atoms with Crippen LogP contribution in [-0.4, -0.2) is 12.6 Å². The van der Waals surface area contributed by atoms with Gasteiger partial charge in [0.05, 0.1) is 6.54 Å². The summed E-state index contributed by atoms with van der Waals surface area (Å²) in [6.07, 6.45) is 1.10. The van der Waals surface area contributed by atoms with Crippen molar-refractivity contribution < 1.29 is 0 Å². The van der Waals surface area contributed by atoms with Gasteiger partial charge in [-0.05, 0) is 31.7 Å². The van der Waals surface area contributed by atoms with E-state index in [1.807, 2.05) is 18.3 Å². The van der Waals surface area contributed by atoms with Gasteiger partial charge in [-0.15, -0.1) is 17.3 Å². The predicted octanol–water partition coefficient (Wildman–Crippen LogP) is 2.29. The van der Waals surface area contributed by atoms with Crippen LogP contribution in [0.3, 0.4) is 0 Å². The molecule has 13 heavy (non-hydrogen) atoms. The Hall–Kier alpha value is -0.780. The minimum absolute atomic E-state index is 0.513. The highest BCUT2D eigenvalue weighted by molar-refractivity contribution is 7.09. The van der Waals surface area contributed by atoms with Gasteiger partial charge in [-0.3, -0.25) is 0 Å². The highest BCUT2D eigenvalue weighted by atomic mass is 32.1. The Bertz CT molecular complexity index is 279. The third kappa shape index (κ3) is 4.12. The zero-order valence-corrected chi connectivity index (χ0v) is 8.95. The van der Waals surface area contributed by atoms with Crippen molar-refractivity contribution in [3.8, 4) is 11.8 Å². The first-order valence-corrected chi connectivity index (χ1v) is 5.36. The largest absolute Gasteiger partial charge is 0.303 e. The quantitative estimate of drug-likeness (QED) is 0.723. The fraction of sp³-hybridized carbons (Fsp3) is 0.455. The second-order valence-corrected chi connectivity index (χ2v) is 4.02. The highest BCUT2D eigenvalue weighted by Crippen LogP contribution is 2.10. The highest BCUT2D eigenvalue weighted by Gasteiger charge is 2.01. The Balaban J connectivity index is 2.24. The van der Waals surface area contributed by atoms with Crippen molar-refractivity contribution in [2.45, 2.75) is 26.3 Å². The first-order valence-electron chi connectivity index (χ1n) is 4.48. The van der Waals surface area contributed by atoms with Gasteiger partial charge in [0, 0.05) is 10.9 Å². The molecular weight excluding hydrogens is 178 g/mol. The van der Waals surface area contributed by atoms with E-state index in [4.69, 9.17) is 0 Å². The molecule has 70 valence electrons. The van der Waals surface area contributed by atoms with Crippen molar-refractivity contribution in [1.82, 2.24) is 5.32 Å². The zero-order valence-electron chi connectivity index (χ0n) is 8.13. The second kappa shape index (κ2) is 5.80. The summed E-state index contributed by atoms with van der Waals surface area (Å²) in [5, 5.41) is 5.47. The van der Waals surface area contributed by atoms with Crippen LogP contribution in [0.15, 0.2) is 17.5 Å². The lowest BCUT2D eigenvalue weighted by atomic mass is 10.2. The molecule has 0 spiro atoms. The Labute approximate surface area is 84.2 Å². The summed E-state index contributed by atoms with van der Waals surface area (Å²) in [5.74, 6) is 5.87. The van der Waals surface area contributed by atoms with Gasteiger partial charge in [-0.25, -0.2) is 0 Å². The fourth-order valence-electron chi connectivity index (χ4n) is 1.12. The van der Waals surface area contributed by atoms with E-state index >= 15 is 0 Å². The molecule has 1 nitrogen and oxygen atoms in total. The summed E-state index contributed by atoms with van der Waals surface area (Å²) < 4.78 is 0. The van der Waals surface area contributed by atoms with Gasteiger partial charge in [0.25, 0.3) is 0 Å². The number of rotatable bonds is 4. The van der Waals surface area contributed by atoms with Gasteiger partial charge >= 0.3 is 0 Å². The molecule has 0 saturated carbocycles. The SMILES string of the molecule is CC#CCNC(C)Cc1cccs1. The van der Waals surface area contributed by atoms with Crippen molar-refractivity contribution in [3.63, 3.8) is 0 Å². The number of thiophene rings is 1. The molecular formula is C11H15NS. The molecule has 0 amide bonds. The maximum Gasteiger partial charge on any atom is 0.0578 e. The van der Waals surface area contributed by atoms with Crippen molar-refractivity contribution in [2.24, 2.45) is 0 Å². The number of hydrogen-bond donors (Lipinski definition) is 1. The van der Waals surface area contributed by atoms with E-state index in [9.17, 15) is 0 Å². The molecule has 1 unspecified atom stereocenters. The molecule has 1 heterocycles. The van der Waals surface area contributed by atoms with Crippen LogP contribution >= 0.6 is 11.3 Å². The minimum Gasteiger partial charge on any atom is -0.303 e. The minimum atomic E-state index is 0.513. The van der Waals surface area contributed by atoms with E-state index < -0.39 is 0 Å². The average Bonchev–Trinajstić information content (AvgIpc) is 2.57. The molecule has 0 aromatic carbocycles. The van der Waals surface area contributed by atoms with Crippen LogP contribution < -0.4 is 5.32 Å². The van der Waals surface area contributed by atoms with Gasteiger partial charge in [0.15, 0.2) is 0 Å². The molecule has 0 aliphatic heterocycles. The van der Waals surface area contributed by atoms with Crippen molar-refractivity contribution in [3.05, 3.63) is 22.4 Å². The predicted molar refractivity (Wildman–Crippen MR) is 58.9 cm³/mol. The van der Waals surface area contributed by atoms with Gasteiger partial charge in [-0.2, -0.15) is 0 Å². The Kier molecular flexibility index (Phi) is 4.59. The summed E-state index contributed by atoms with van der Waals surface area (Å²) in [4.78, 5) is 1.43. The molecule has 1 aromatic heterocycles. The molecule has 1 N–H and O–H groups in total. The average molecular weight is 193 g/mol. The maximum atomic E-state index is 3.35. The Morgan fingerprint density at radius 2 is 2.46 bits per heavy atom. The third-order valence-corrected chi connectivity index (χ3v) is 2.70. The van der Waals surface area contributed by atoms with E-state index in [0.717, 1.165) is 13.0 Å². The monoisotopic (exact) mass is 193 g/mol. The molecule has 0 aliphatic rings. The standard InChI is InChI=1S/C11H15NS/c1-3-4-7-12-10(2)9-11-6-5-8-13-11/h5-6,8,10,12H,7,9H2,1-2H3. The van der Waals surface area contributed by atoms with Crippen molar-refractivity contribution in [2.75, 3.05) is 6.54 Å². The van der Waals surface area contributed by atoms with E-state index in [1.165, 1.54) is 4.88 Å². The molecule has 1 rings (SSSR count). The lowest BCUT2D eigenvalue weighted by Gasteiger charge is -2.09. The lowest BCUT2D eigenvalue weighted by molar-refractivity contribution is 0.589. The van der Waals surface area contributed by atoms with E-state index in [-0.39, 0.29) is 0 Å². The summed E-state index contributed by atoms with van der Waals surface area (Å²) in [5.41, 5.74) is 0. The van der Waals surface area contributed by atoms with Crippen LogP contribution in [0.5, 0.6) is 0 Å². The fourth-order valence-corrected chi connectivity index (χ4v) is 1.95. The lowest BCUT2D eigenvalue weighted by Crippen LogP contribution is -2.27. The molecule has 2 heteroatoms. The molecule has 0 saturated heterocycles. The smallest absolute Gasteiger partial charge is 0.0578 e. The topological polar surface area (TPSA) is 12.0 Å². The number of hydrogen-bond acceptors (Lipinski definition) is 2. The van der Waals surface area contributed by atoms with Crippen LogP contribution in [0, 0.1) is 11.8 Å². The van der Waals surface area contributed by atoms with Crippen LogP contribution in [0.1, 0.15) is 18.7 Å². The van der Waals surface area contributed by atoms with E-state index in [2.05, 4.69) is 41.6 Å². The molecule has 0 fully saturated rings. The summed E-state index contributed by atoms with van der Waals surface area (Å²) in [6.45, 7) is 4.85. The van der Waals surface area contributed by atoms with Crippen molar-refractivity contribution >= 4 is 11.3 Å². The number of nitrogens with one attached hydrogen (secondary N) is 1. The molecule has 0 radical (unpaired) electrons. The zero-order chi connectivity index (χ0) is 9.52. The Morgan fingerprint density at radius 1 is 1.62 bits per heavy atom. The molecule has 0 aliphatic carbocycles. The van der Waals surface area contributed by atoms with Crippen LogP contribution in [0.4, 0.5) is 0 Å². The van der Waals surface area contributed by atoms with Gasteiger partial charge in [0.2, 0.25) is 0 Å². The van der Waals surface area contributed by atoms with Gasteiger partial charge in [-0.1, -0.05) is 12.0 Å². The van der Waals surface area contributed by atoms with Crippen LogP contribution in [0.25, 0.3) is 0 Å². The normalized spacial score (nSPS) is 11.8. The second-order valence-electron chi connectivity index (χ2n) is 2.99. The van der Waals surface area contributed by atoms with Crippen LogP contribution in [-0.2, 0) is 6.42 Å². The summed E-state index contributed by atoms with van der Waals surface area (Å²) in [6, 6.07) is 4.78. The third-order valence-electron chi connectivity index (χ3n) is 1.80. The maximum absolute atomic E-state index is 3.35. The Morgan fingerprint density at radius 3 is 3.08 bits per heavy atom.